The van der Waals surface area contributed by atoms with Crippen molar-refractivity contribution in [3.05, 3.63) is 24.3 Å². The number of thioether (sulfide) groups is 1. The molecule has 0 bridgehead atoms. The second-order valence-electron chi connectivity index (χ2n) is 5.02. The van der Waals surface area contributed by atoms with Crippen LogP contribution < -0.4 is 5.32 Å². The van der Waals surface area contributed by atoms with E-state index in [-0.39, 0.29) is 16.8 Å². The maximum Gasteiger partial charge on any atom is 0.321 e. The van der Waals surface area contributed by atoms with Gasteiger partial charge in [-0.2, -0.15) is 8.78 Å². The number of amides is 1. The summed E-state index contributed by atoms with van der Waals surface area (Å²) >= 11 is 1.02. The quantitative estimate of drug-likeness (QED) is 0.832. The van der Waals surface area contributed by atoms with E-state index in [1.54, 1.807) is 24.3 Å². The summed E-state index contributed by atoms with van der Waals surface area (Å²) < 4.78 is 27.2. The highest BCUT2D eigenvalue weighted by atomic mass is 32.2. The van der Waals surface area contributed by atoms with Crippen molar-refractivity contribution in [3.8, 4) is 0 Å². The molecule has 1 amide bonds. The van der Waals surface area contributed by atoms with Crippen LogP contribution in [0, 0.1) is 5.92 Å². The second-order valence-corrected chi connectivity index (χ2v) is 5.96. The Morgan fingerprint density at radius 3 is 2.76 bits per heavy atom. The fraction of sp³-hybridized carbons (Fsp3) is 0.429. The molecule has 1 heterocycles. The molecule has 1 N–H and O–H groups in total. The number of hydrogen-bond acceptors (Lipinski definition) is 3. The number of fused-ring (bicyclic) bond motifs is 1. The number of carbonyl (C=O) groups is 1. The van der Waals surface area contributed by atoms with Gasteiger partial charge in [0.2, 0.25) is 5.91 Å². The first-order valence-electron chi connectivity index (χ1n) is 6.63. The van der Waals surface area contributed by atoms with Gasteiger partial charge in [0.05, 0.1) is 16.8 Å². The van der Waals surface area contributed by atoms with Crippen LogP contribution in [0.15, 0.2) is 29.4 Å². The van der Waals surface area contributed by atoms with E-state index in [0.29, 0.717) is 23.5 Å². The van der Waals surface area contributed by atoms with Crippen LogP contribution in [0.5, 0.6) is 0 Å². The van der Waals surface area contributed by atoms with E-state index in [2.05, 4.69) is 10.3 Å². The highest BCUT2D eigenvalue weighted by Gasteiger charge is 2.18. The molecule has 0 aliphatic carbocycles. The number of rotatable bonds is 6. The summed E-state index contributed by atoms with van der Waals surface area (Å²) in [6, 6.07) is 6.70. The van der Waals surface area contributed by atoms with E-state index < -0.39 is 6.55 Å². The molecule has 0 fully saturated rings. The number of halogens is 2. The lowest BCUT2D eigenvalue weighted by Gasteiger charge is -2.08. The Bertz CT molecular complexity index is 628. The average Bonchev–Trinajstić information content (AvgIpc) is 2.81. The van der Waals surface area contributed by atoms with E-state index in [1.165, 1.54) is 0 Å². The Morgan fingerprint density at radius 1 is 1.38 bits per heavy atom. The molecule has 0 saturated heterocycles. The van der Waals surface area contributed by atoms with Crippen LogP contribution in [0.3, 0.4) is 0 Å². The number of imidazole rings is 1. The Labute approximate surface area is 125 Å². The third kappa shape index (κ3) is 3.93. The van der Waals surface area contributed by atoms with Gasteiger partial charge in [0.15, 0.2) is 5.16 Å². The van der Waals surface area contributed by atoms with Crippen molar-refractivity contribution in [1.29, 1.82) is 0 Å². The van der Waals surface area contributed by atoms with Crippen molar-refractivity contribution < 1.29 is 13.6 Å². The van der Waals surface area contributed by atoms with Crippen LogP contribution >= 0.6 is 11.8 Å². The van der Waals surface area contributed by atoms with Crippen LogP contribution in [0.25, 0.3) is 11.0 Å². The lowest BCUT2D eigenvalue weighted by Crippen LogP contribution is -2.28. The molecule has 7 heteroatoms. The van der Waals surface area contributed by atoms with Gasteiger partial charge >= 0.3 is 6.55 Å². The molecular weight excluding hydrogens is 296 g/mol. The van der Waals surface area contributed by atoms with Crippen LogP contribution in [0.4, 0.5) is 8.78 Å². The van der Waals surface area contributed by atoms with Gasteiger partial charge in [-0.05, 0) is 18.1 Å². The van der Waals surface area contributed by atoms with Crippen molar-refractivity contribution >= 4 is 28.7 Å². The van der Waals surface area contributed by atoms with Crippen LogP contribution in [-0.2, 0) is 4.79 Å². The Kier molecular flexibility index (Phi) is 5.17. The number of nitrogens with one attached hydrogen (secondary N) is 1. The molecule has 0 unspecified atom stereocenters. The summed E-state index contributed by atoms with van der Waals surface area (Å²) in [5.41, 5.74) is 0.875. The Hall–Kier alpha value is -1.63. The minimum Gasteiger partial charge on any atom is -0.355 e. The Balaban J connectivity index is 2.11. The van der Waals surface area contributed by atoms with Gasteiger partial charge in [0, 0.05) is 6.54 Å². The van der Waals surface area contributed by atoms with Gasteiger partial charge in [-0.3, -0.25) is 9.36 Å². The molecular formula is C14H17F2N3OS. The van der Waals surface area contributed by atoms with E-state index in [1.807, 2.05) is 13.8 Å². The largest absolute Gasteiger partial charge is 0.355 e. The minimum absolute atomic E-state index is 0.0722. The average molecular weight is 313 g/mol. The molecule has 0 spiro atoms. The predicted octanol–water partition coefficient (Wildman–Crippen LogP) is 3.30. The van der Waals surface area contributed by atoms with Crippen LogP contribution in [-0.4, -0.2) is 27.8 Å². The zero-order chi connectivity index (χ0) is 15.4. The van der Waals surface area contributed by atoms with Crippen LogP contribution in [0.1, 0.15) is 20.4 Å². The SMILES string of the molecule is CC(C)CNC(=O)CSc1nc2ccccc2n1C(F)F. The molecule has 114 valence electrons. The first-order chi connectivity index (χ1) is 9.99. The summed E-state index contributed by atoms with van der Waals surface area (Å²) in [6.45, 7) is 1.87. The number of para-hydroxylation sites is 2. The number of nitrogens with zero attached hydrogens (tertiary/aromatic N) is 2. The van der Waals surface area contributed by atoms with E-state index in [4.69, 9.17) is 0 Å². The zero-order valence-corrected chi connectivity index (χ0v) is 12.7. The number of hydrogen-bond donors (Lipinski definition) is 1. The standard InChI is InChI=1S/C14H17F2N3OS/c1-9(2)7-17-12(20)8-21-14-18-10-5-3-4-6-11(10)19(14)13(15)16/h3-6,9,13H,7-8H2,1-2H3,(H,17,20). The third-order valence-electron chi connectivity index (χ3n) is 2.80. The Morgan fingerprint density at radius 2 is 2.10 bits per heavy atom. The molecule has 1 aromatic carbocycles. The van der Waals surface area contributed by atoms with Gasteiger partial charge < -0.3 is 5.32 Å². The first-order valence-corrected chi connectivity index (χ1v) is 7.62. The summed E-state index contributed by atoms with van der Waals surface area (Å²) in [7, 11) is 0. The van der Waals surface area contributed by atoms with Crippen molar-refractivity contribution in [2.45, 2.75) is 25.6 Å². The lowest BCUT2D eigenvalue weighted by molar-refractivity contribution is -0.118. The van der Waals surface area contributed by atoms with Gasteiger partial charge in [0.1, 0.15) is 0 Å². The molecule has 2 rings (SSSR count). The molecule has 0 saturated carbocycles. The number of alkyl halides is 2. The molecule has 21 heavy (non-hydrogen) atoms. The highest BCUT2D eigenvalue weighted by Crippen LogP contribution is 2.28. The molecule has 0 aliphatic heterocycles. The predicted molar refractivity (Wildman–Crippen MR) is 79.6 cm³/mol. The van der Waals surface area contributed by atoms with E-state index in [9.17, 15) is 13.6 Å². The smallest absolute Gasteiger partial charge is 0.321 e. The van der Waals surface area contributed by atoms with Gasteiger partial charge in [-0.15, -0.1) is 0 Å². The van der Waals surface area contributed by atoms with E-state index >= 15 is 0 Å². The summed E-state index contributed by atoms with van der Waals surface area (Å²) in [6.07, 6.45) is 0. The fourth-order valence-corrected chi connectivity index (χ4v) is 2.65. The molecule has 0 atom stereocenters. The van der Waals surface area contributed by atoms with Crippen molar-refractivity contribution in [3.63, 3.8) is 0 Å². The third-order valence-corrected chi connectivity index (χ3v) is 3.75. The molecule has 2 aromatic rings. The number of aromatic nitrogens is 2. The number of benzene rings is 1. The van der Waals surface area contributed by atoms with Gasteiger partial charge in [-0.1, -0.05) is 37.7 Å². The normalized spacial score (nSPS) is 11.5. The molecule has 1 aromatic heterocycles. The van der Waals surface area contributed by atoms with Gasteiger partial charge in [0.25, 0.3) is 0 Å². The fourth-order valence-electron chi connectivity index (χ4n) is 1.81. The lowest BCUT2D eigenvalue weighted by atomic mass is 10.2. The van der Waals surface area contributed by atoms with E-state index in [0.717, 1.165) is 16.3 Å². The molecule has 0 aliphatic rings. The van der Waals surface area contributed by atoms with Crippen LogP contribution in [0.2, 0.25) is 0 Å². The monoisotopic (exact) mass is 313 g/mol. The maximum absolute atomic E-state index is 13.2. The van der Waals surface area contributed by atoms with Crippen molar-refractivity contribution in [2.24, 2.45) is 5.92 Å². The maximum atomic E-state index is 13.2. The summed E-state index contributed by atoms with van der Waals surface area (Å²) in [5, 5.41) is 2.91. The van der Waals surface area contributed by atoms with Crippen molar-refractivity contribution in [2.75, 3.05) is 12.3 Å². The van der Waals surface area contributed by atoms with Crippen molar-refractivity contribution in [1.82, 2.24) is 14.9 Å². The highest BCUT2D eigenvalue weighted by molar-refractivity contribution is 7.99. The molecule has 0 radical (unpaired) electrons. The summed E-state index contributed by atoms with van der Waals surface area (Å²) in [4.78, 5) is 15.8. The molecule has 4 nitrogen and oxygen atoms in total. The first kappa shape index (κ1) is 15.8. The number of carbonyl (C=O) groups excluding carboxylic acids is 1. The topological polar surface area (TPSA) is 46.9 Å². The minimum atomic E-state index is -2.68. The zero-order valence-electron chi connectivity index (χ0n) is 11.8. The second kappa shape index (κ2) is 6.89. The summed E-state index contributed by atoms with van der Waals surface area (Å²) in [5.74, 6) is 0.245. The van der Waals surface area contributed by atoms with Gasteiger partial charge in [-0.25, -0.2) is 4.98 Å².